The van der Waals surface area contributed by atoms with Crippen LogP contribution in [0, 0.1) is 5.92 Å². The van der Waals surface area contributed by atoms with Crippen LogP contribution in [0.15, 0.2) is 12.4 Å². The van der Waals surface area contributed by atoms with E-state index in [4.69, 9.17) is 0 Å². The number of anilines is 1. The van der Waals surface area contributed by atoms with Gasteiger partial charge in [-0.15, -0.1) is 0 Å². The van der Waals surface area contributed by atoms with Crippen LogP contribution in [-0.4, -0.2) is 42.9 Å². The number of rotatable bonds is 4. The molecule has 0 aromatic carbocycles. The normalized spacial score (nSPS) is 21.0. The van der Waals surface area contributed by atoms with E-state index in [0.717, 1.165) is 44.0 Å². The summed E-state index contributed by atoms with van der Waals surface area (Å²) in [4.78, 5) is 23.2. The molecule has 0 radical (unpaired) electrons. The number of nitrogens with one attached hydrogen (secondary N) is 1. The van der Waals surface area contributed by atoms with E-state index in [1.54, 1.807) is 0 Å². The van der Waals surface area contributed by atoms with Gasteiger partial charge in [0.15, 0.2) is 0 Å². The van der Waals surface area contributed by atoms with Crippen LogP contribution in [0.25, 0.3) is 0 Å². The van der Waals surface area contributed by atoms with Crippen LogP contribution in [0.4, 0.5) is 9.93 Å². The summed E-state index contributed by atoms with van der Waals surface area (Å²) in [5, 5.41) is 3.54. The monoisotopic (exact) mass is 346 g/mol. The Morgan fingerprint density at radius 1 is 1.42 bits per heavy atom. The number of nitrogens with zero attached hydrogens (tertiary/aromatic N) is 5. The van der Waals surface area contributed by atoms with Crippen LogP contribution in [-0.2, 0) is 13.5 Å². The molecular formula is C16H22N6OS. The van der Waals surface area contributed by atoms with Crippen LogP contribution in [0.1, 0.15) is 43.3 Å². The number of urea groups is 1. The Bertz CT molecular complexity index is 722. The second kappa shape index (κ2) is 6.51. The van der Waals surface area contributed by atoms with Gasteiger partial charge in [-0.2, -0.15) is 4.37 Å². The molecule has 1 unspecified atom stereocenters. The lowest BCUT2D eigenvalue weighted by atomic mass is 9.94. The third kappa shape index (κ3) is 3.43. The van der Waals surface area contributed by atoms with Gasteiger partial charge < -0.3 is 9.47 Å². The molecule has 1 saturated carbocycles. The molecule has 128 valence electrons. The van der Waals surface area contributed by atoms with Gasteiger partial charge in [0.2, 0.25) is 5.13 Å². The van der Waals surface area contributed by atoms with Crippen LogP contribution >= 0.6 is 11.5 Å². The lowest BCUT2D eigenvalue weighted by molar-refractivity contribution is 0.176. The average molecular weight is 346 g/mol. The predicted octanol–water partition coefficient (Wildman–Crippen LogP) is 2.64. The SMILES string of the molecule is Cn1ccnc1CC1CCCN(C(=O)Nc2nc(C3CC3)ns2)C1. The minimum atomic E-state index is -0.0574. The van der Waals surface area contributed by atoms with Crippen molar-refractivity contribution in [2.45, 2.75) is 38.0 Å². The maximum absolute atomic E-state index is 12.5. The number of likely N-dealkylation sites (tertiary alicyclic amines) is 1. The summed E-state index contributed by atoms with van der Waals surface area (Å²) in [5.41, 5.74) is 0. The van der Waals surface area contributed by atoms with Crippen molar-refractivity contribution < 1.29 is 4.79 Å². The topological polar surface area (TPSA) is 75.9 Å². The maximum Gasteiger partial charge on any atom is 0.323 e. The summed E-state index contributed by atoms with van der Waals surface area (Å²) in [6.07, 6.45) is 9.23. The molecule has 2 aromatic rings. The Balaban J connectivity index is 1.34. The number of aryl methyl sites for hydroxylation is 1. The summed E-state index contributed by atoms with van der Waals surface area (Å²) in [5.74, 6) is 2.95. The first-order valence-electron chi connectivity index (χ1n) is 8.55. The fourth-order valence-corrected chi connectivity index (χ4v) is 3.87. The Hall–Kier alpha value is -1.96. The lowest BCUT2D eigenvalue weighted by Crippen LogP contribution is -2.43. The van der Waals surface area contributed by atoms with Crippen LogP contribution in [0.3, 0.4) is 0 Å². The molecule has 1 aliphatic carbocycles. The number of aromatic nitrogens is 4. The van der Waals surface area contributed by atoms with E-state index in [1.807, 2.05) is 24.3 Å². The van der Waals surface area contributed by atoms with Gasteiger partial charge in [-0.05, 0) is 31.6 Å². The van der Waals surface area contributed by atoms with Crippen LogP contribution in [0.5, 0.6) is 0 Å². The van der Waals surface area contributed by atoms with E-state index < -0.39 is 0 Å². The quantitative estimate of drug-likeness (QED) is 0.923. The molecule has 1 saturated heterocycles. The van der Waals surface area contributed by atoms with Gasteiger partial charge in [0.1, 0.15) is 11.6 Å². The average Bonchev–Trinajstić information content (AvgIpc) is 3.21. The number of amides is 2. The highest BCUT2D eigenvalue weighted by molar-refractivity contribution is 7.09. The highest BCUT2D eigenvalue weighted by Gasteiger charge is 2.29. The predicted molar refractivity (Wildman–Crippen MR) is 92.1 cm³/mol. The smallest absolute Gasteiger partial charge is 0.323 e. The van der Waals surface area contributed by atoms with Crippen molar-refractivity contribution in [3.63, 3.8) is 0 Å². The second-order valence-electron chi connectivity index (χ2n) is 6.77. The molecule has 2 aromatic heterocycles. The standard InChI is InChI=1S/C16H22N6OS/c1-21-8-6-17-13(21)9-11-3-2-7-22(10-11)16(23)19-15-18-14(20-24-15)12-4-5-12/h6,8,11-12H,2-5,7,9-10H2,1H3,(H,18,19,20,23). The summed E-state index contributed by atoms with van der Waals surface area (Å²) in [6.45, 7) is 1.57. The number of carbonyl (C=O) groups is 1. The molecule has 1 aliphatic heterocycles. The first-order chi connectivity index (χ1) is 11.7. The Labute approximate surface area is 145 Å². The lowest BCUT2D eigenvalue weighted by Gasteiger charge is -2.32. The van der Waals surface area contributed by atoms with E-state index in [0.29, 0.717) is 17.0 Å². The minimum absolute atomic E-state index is 0.0574. The number of carbonyl (C=O) groups excluding carboxylic acids is 1. The van der Waals surface area contributed by atoms with E-state index in [1.165, 1.54) is 24.4 Å². The summed E-state index contributed by atoms with van der Waals surface area (Å²) < 4.78 is 6.39. The fraction of sp³-hybridized carbons (Fsp3) is 0.625. The van der Waals surface area contributed by atoms with Gasteiger partial charge in [0, 0.05) is 56.4 Å². The van der Waals surface area contributed by atoms with Crippen molar-refractivity contribution in [2.24, 2.45) is 13.0 Å². The van der Waals surface area contributed by atoms with Crippen LogP contribution in [0.2, 0.25) is 0 Å². The Morgan fingerprint density at radius 2 is 2.29 bits per heavy atom. The highest BCUT2D eigenvalue weighted by atomic mass is 32.1. The number of piperidine rings is 1. The van der Waals surface area contributed by atoms with E-state index in [-0.39, 0.29) is 6.03 Å². The van der Waals surface area contributed by atoms with Gasteiger partial charge in [-0.1, -0.05) is 0 Å². The first-order valence-corrected chi connectivity index (χ1v) is 9.32. The van der Waals surface area contributed by atoms with Crippen molar-refractivity contribution in [3.8, 4) is 0 Å². The molecule has 0 spiro atoms. The van der Waals surface area contributed by atoms with Gasteiger partial charge in [-0.25, -0.2) is 14.8 Å². The highest BCUT2D eigenvalue weighted by Crippen LogP contribution is 2.39. The molecule has 0 bridgehead atoms. The summed E-state index contributed by atoms with van der Waals surface area (Å²) in [6, 6.07) is -0.0574. The summed E-state index contributed by atoms with van der Waals surface area (Å²) in [7, 11) is 2.02. The van der Waals surface area contributed by atoms with E-state index in [2.05, 4.69) is 24.2 Å². The molecular weight excluding hydrogens is 324 g/mol. The van der Waals surface area contributed by atoms with Gasteiger partial charge in [0.25, 0.3) is 0 Å². The van der Waals surface area contributed by atoms with Gasteiger partial charge in [-0.3, -0.25) is 5.32 Å². The molecule has 2 aliphatic rings. The number of hydrogen-bond donors (Lipinski definition) is 1. The third-order valence-electron chi connectivity index (χ3n) is 4.80. The van der Waals surface area contributed by atoms with Gasteiger partial charge in [0.05, 0.1) is 0 Å². The molecule has 1 atom stereocenters. The molecule has 2 amide bonds. The molecule has 7 nitrogen and oxygen atoms in total. The third-order valence-corrected chi connectivity index (χ3v) is 5.44. The van der Waals surface area contributed by atoms with E-state index in [9.17, 15) is 4.79 Å². The zero-order chi connectivity index (χ0) is 16.5. The number of hydrogen-bond acceptors (Lipinski definition) is 5. The molecule has 24 heavy (non-hydrogen) atoms. The van der Waals surface area contributed by atoms with Crippen molar-refractivity contribution in [1.29, 1.82) is 0 Å². The van der Waals surface area contributed by atoms with Gasteiger partial charge >= 0.3 is 6.03 Å². The molecule has 4 rings (SSSR count). The second-order valence-corrected chi connectivity index (χ2v) is 7.53. The van der Waals surface area contributed by atoms with Crippen molar-refractivity contribution >= 4 is 22.7 Å². The van der Waals surface area contributed by atoms with Crippen molar-refractivity contribution in [2.75, 3.05) is 18.4 Å². The minimum Gasteiger partial charge on any atom is -0.338 e. The molecule has 2 fully saturated rings. The number of imidazole rings is 1. The largest absolute Gasteiger partial charge is 0.338 e. The summed E-state index contributed by atoms with van der Waals surface area (Å²) >= 11 is 1.28. The van der Waals surface area contributed by atoms with Crippen molar-refractivity contribution in [1.82, 2.24) is 23.8 Å². The molecule has 3 heterocycles. The Kier molecular flexibility index (Phi) is 4.22. The van der Waals surface area contributed by atoms with Crippen LogP contribution < -0.4 is 5.32 Å². The molecule has 1 N–H and O–H groups in total. The fourth-order valence-electron chi connectivity index (χ4n) is 3.23. The van der Waals surface area contributed by atoms with E-state index >= 15 is 0 Å². The molecule has 8 heteroatoms. The first kappa shape index (κ1) is 15.6. The van der Waals surface area contributed by atoms with Crippen molar-refractivity contribution in [3.05, 3.63) is 24.0 Å². The zero-order valence-electron chi connectivity index (χ0n) is 13.8. The maximum atomic E-state index is 12.5. The Morgan fingerprint density at radius 3 is 3.04 bits per heavy atom. The zero-order valence-corrected chi connectivity index (χ0v) is 14.6.